The van der Waals surface area contributed by atoms with Crippen molar-refractivity contribution in [2.75, 3.05) is 6.61 Å². The molecule has 0 aliphatic heterocycles. The van der Waals surface area contributed by atoms with Crippen molar-refractivity contribution in [1.82, 2.24) is 0 Å². The lowest BCUT2D eigenvalue weighted by molar-refractivity contribution is -0.147. The molecule has 1 aliphatic rings. The van der Waals surface area contributed by atoms with Crippen LogP contribution >= 0.6 is 0 Å². The number of aryl methyl sites for hydroxylation is 1. The fourth-order valence-corrected chi connectivity index (χ4v) is 2.75. The van der Waals surface area contributed by atoms with Gasteiger partial charge in [0.1, 0.15) is 6.04 Å². The highest BCUT2D eigenvalue weighted by Crippen LogP contribution is 2.23. The van der Waals surface area contributed by atoms with Crippen LogP contribution in [0.2, 0.25) is 0 Å². The highest BCUT2D eigenvalue weighted by Gasteiger charge is 2.19. The molecular weight excluding hydrogens is 250 g/mol. The van der Waals surface area contributed by atoms with Gasteiger partial charge >= 0.3 is 5.97 Å². The third kappa shape index (κ3) is 4.97. The molecule has 0 unspecified atom stereocenters. The normalized spacial score (nSPS) is 17.6. The molecule has 0 saturated heterocycles. The minimum atomic E-state index is -0.501. The summed E-state index contributed by atoms with van der Waals surface area (Å²) in [5.74, 6) is 0.306. The van der Waals surface area contributed by atoms with Crippen molar-refractivity contribution in [3.05, 3.63) is 35.9 Å². The molecule has 1 aliphatic carbocycles. The van der Waals surface area contributed by atoms with Gasteiger partial charge in [-0.05, 0) is 37.2 Å². The van der Waals surface area contributed by atoms with Gasteiger partial charge in [-0.2, -0.15) is 0 Å². The molecule has 2 rings (SSSR count). The average molecular weight is 275 g/mol. The Balaban J connectivity index is 1.66. The van der Waals surface area contributed by atoms with Gasteiger partial charge in [0.2, 0.25) is 0 Å². The Kier molecular flexibility index (Phi) is 6.06. The zero-order valence-electron chi connectivity index (χ0n) is 12.1. The van der Waals surface area contributed by atoms with E-state index in [-0.39, 0.29) is 5.97 Å². The summed E-state index contributed by atoms with van der Waals surface area (Å²) in [5, 5.41) is 0. The smallest absolute Gasteiger partial charge is 0.322 e. The number of ether oxygens (including phenoxy) is 1. The van der Waals surface area contributed by atoms with Crippen molar-refractivity contribution in [2.45, 2.75) is 51.0 Å². The summed E-state index contributed by atoms with van der Waals surface area (Å²) in [7, 11) is 0. The number of hydrogen-bond acceptors (Lipinski definition) is 3. The van der Waals surface area contributed by atoms with Crippen molar-refractivity contribution in [3.63, 3.8) is 0 Å². The Hall–Kier alpha value is -1.35. The van der Waals surface area contributed by atoms with Gasteiger partial charge in [0, 0.05) is 0 Å². The van der Waals surface area contributed by atoms with Gasteiger partial charge in [0.05, 0.1) is 6.61 Å². The van der Waals surface area contributed by atoms with E-state index in [0.717, 1.165) is 6.42 Å². The van der Waals surface area contributed by atoms with Gasteiger partial charge in [-0.25, -0.2) is 0 Å². The topological polar surface area (TPSA) is 52.3 Å². The molecule has 20 heavy (non-hydrogen) atoms. The zero-order chi connectivity index (χ0) is 14.2. The van der Waals surface area contributed by atoms with Gasteiger partial charge in [-0.3, -0.25) is 4.79 Å². The van der Waals surface area contributed by atoms with E-state index in [1.54, 1.807) is 0 Å². The summed E-state index contributed by atoms with van der Waals surface area (Å²) in [6.45, 7) is 0.553. The molecular formula is C17H25NO2. The molecule has 2 N–H and O–H groups in total. The standard InChI is InChI=1S/C17H25NO2/c18-16(12-11-14-7-3-1-4-8-14)17(19)20-13-15-9-5-2-6-10-15/h1,3-4,7-8,15-16H,2,5-6,9-13,18H2/t16-/m0/s1. The number of rotatable bonds is 6. The quantitative estimate of drug-likeness (QED) is 0.812. The first-order valence-electron chi connectivity index (χ1n) is 7.72. The first-order valence-corrected chi connectivity index (χ1v) is 7.72. The molecule has 0 amide bonds. The molecule has 1 atom stereocenters. The highest BCUT2D eigenvalue weighted by atomic mass is 16.5. The summed E-state index contributed by atoms with van der Waals surface area (Å²) in [4.78, 5) is 11.9. The lowest BCUT2D eigenvalue weighted by atomic mass is 9.90. The second-order valence-corrected chi connectivity index (χ2v) is 5.76. The number of carbonyl (C=O) groups is 1. The predicted octanol–water partition coefficient (Wildman–Crippen LogP) is 3.07. The van der Waals surface area contributed by atoms with Crippen molar-refractivity contribution >= 4 is 5.97 Å². The van der Waals surface area contributed by atoms with E-state index in [0.29, 0.717) is 18.9 Å². The minimum absolute atomic E-state index is 0.244. The molecule has 0 heterocycles. The Bertz CT molecular complexity index is 399. The molecule has 0 spiro atoms. The lowest BCUT2D eigenvalue weighted by Crippen LogP contribution is -2.34. The third-order valence-corrected chi connectivity index (χ3v) is 4.08. The van der Waals surface area contributed by atoms with E-state index < -0.39 is 6.04 Å². The maximum atomic E-state index is 11.9. The second kappa shape index (κ2) is 8.05. The van der Waals surface area contributed by atoms with Crippen LogP contribution in [-0.2, 0) is 16.0 Å². The van der Waals surface area contributed by atoms with Crippen LogP contribution in [0, 0.1) is 5.92 Å². The molecule has 1 aromatic carbocycles. The van der Waals surface area contributed by atoms with E-state index in [1.807, 2.05) is 18.2 Å². The SMILES string of the molecule is N[C@@H](CCc1ccccc1)C(=O)OCC1CCCCC1. The van der Waals surface area contributed by atoms with Gasteiger partial charge in [0.15, 0.2) is 0 Å². The number of hydrogen-bond donors (Lipinski definition) is 1. The van der Waals surface area contributed by atoms with Crippen LogP contribution in [0.5, 0.6) is 0 Å². The summed E-state index contributed by atoms with van der Waals surface area (Å²) in [6.07, 6.45) is 7.69. The van der Waals surface area contributed by atoms with Gasteiger partial charge in [0.25, 0.3) is 0 Å². The summed E-state index contributed by atoms with van der Waals surface area (Å²) in [6, 6.07) is 9.60. The Labute approximate surface area is 121 Å². The largest absolute Gasteiger partial charge is 0.464 e. The van der Waals surface area contributed by atoms with Crippen molar-refractivity contribution in [1.29, 1.82) is 0 Å². The maximum Gasteiger partial charge on any atom is 0.322 e. The molecule has 0 radical (unpaired) electrons. The summed E-state index contributed by atoms with van der Waals surface area (Å²) in [5.41, 5.74) is 7.12. The maximum absolute atomic E-state index is 11.9. The summed E-state index contributed by atoms with van der Waals surface area (Å²) < 4.78 is 5.37. The Morgan fingerprint density at radius 1 is 1.20 bits per heavy atom. The van der Waals surface area contributed by atoms with E-state index >= 15 is 0 Å². The van der Waals surface area contributed by atoms with Crippen molar-refractivity contribution in [2.24, 2.45) is 11.7 Å². The summed E-state index contributed by atoms with van der Waals surface area (Å²) >= 11 is 0. The van der Waals surface area contributed by atoms with Crippen LogP contribution in [0.4, 0.5) is 0 Å². The van der Waals surface area contributed by atoms with Crippen LogP contribution < -0.4 is 5.73 Å². The molecule has 0 aromatic heterocycles. The number of benzene rings is 1. The predicted molar refractivity (Wildman–Crippen MR) is 80.3 cm³/mol. The fourth-order valence-electron chi connectivity index (χ4n) is 2.75. The van der Waals surface area contributed by atoms with Gasteiger partial charge < -0.3 is 10.5 Å². The van der Waals surface area contributed by atoms with Gasteiger partial charge in [-0.15, -0.1) is 0 Å². The molecule has 110 valence electrons. The first kappa shape index (κ1) is 15.0. The van der Waals surface area contributed by atoms with Crippen molar-refractivity contribution in [3.8, 4) is 0 Å². The zero-order valence-corrected chi connectivity index (χ0v) is 12.1. The molecule has 1 saturated carbocycles. The molecule has 3 nitrogen and oxygen atoms in total. The first-order chi connectivity index (χ1) is 9.75. The molecule has 1 fully saturated rings. The molecule has 3 heteroatoms. The molecule has 0 bridgehead atoms. The van der Waals surface area contributed by atoms with Gasteiger partial charge in [-0.1, -0.05) is 49.6 Å². The van der Waals surface area contributed by atoms with Crippen LogP contribution in [0.1, 0.15) is 44.1 Å². The Morgan fingerprint density at radius 3 is 2.60 bits per heavy atom. The van der Waals surface area contributed by atoms with Crippen LogP contribution in [0.3, 0.4) is 0 Å². The highest BCUT2D eigenvalue weighted by molar-refractivity contribution is 5.75. The van der Waals surface area contributed by atoms with E-state index in [9.17, 15) is 4.79 Å². The number of nitrogens with two attached hydrogens (primary N) is 1. The van der Waals surface area contributed by atoms with Crippen LogP contribution in [-0.4, -0.2) is 18.6 Å². The average Bonchev–Trinajstić information content (AvgIpc) is 2.52. The lowest BCUT2D eigenvalue weighted by Gasteiger charge is -2.22. The van der Waals surface area contributed by atoms with Crippen molar-refractivity contribution < 1.29 is 9.53 Å². The number of esters is 1. The monoisotopic (exact) mass is 275 g/mol. The molecule has 1 aromatic rings. The fraction of sp³-hybridized carbons (Fsp3) is 0.588. The van der Waals surface area contributed by atoms with E-state index in [1.165, 1.54) is 37.7 Å². The van der Waals surface area contributed by atoms with E-state index in [4.69, 9.17) is 10.5 Å². The van der Waals surface area contributed by atoms with Crippen LogP contribution in [0.25, 0.3) is 0 Å². The second-order valence-electron chi connectivity index (χ2n) is 5.76. The minimum Gasteiger partial charge on any atom is -0.464 e. The van der Waals surface area contributed by atoms with E-state index in [2.05, 4.69) is 12.1 Å². The Morgan fingerprint density at radius 2 is 1.90 bits per heavy atom. The van der Waals surface area contributed by atoms with Crippen LogP contribution in [0.15, 0.2) is 30.3 Å². The third-order valence-electron chi connectivity index (χ3n) is 4.08. The number of carbonyl (C=O) groups excluding carboxylic acids is 1.